The van der Waals surface area contributed by atoms with Crippen molar-refractivity contribution in [3.63, 3.8) is 0 Å². The van der Waals surface area contributed by atoms with Crippen molar-refractivity contribution in [2.45, 2.75) is 13.5 Å². The number of halogens is 1. The lowest BCUT2D eigenvalue weighted by Crippen LogP contribution is -2.23. The average Bonchev–Trinajstić information content (AvgIpc) is 3.58. The van der Waals surface area contributed by atoms with Crippen LogP contribution in [0.4, 0.5) is 10.5 Å². The fourth-order valence-electron chi connectivity index (χ4n) is 3.88. The van der Waals surface area contributed by atoms with E-state index in [-0.39, 0.29) is 12.1 Å². The maximum absolute atomic E-state index is 13.1. The molecule has 13 heteroatoms. The second kappa shape index (κ2) is 9.66. The zero-order valence-electron chi connectivity index (χ0n) is 19.7. The minimum atomic E-state index is -1.08. The van der Waals surface area contributed by atoms with Gasteiger partial charge in [-0.25, -0.2) is 9.78 Å². The molecule has 0 aliphatic carbocycles. The molecule has 37 heavy (non-hydrogen) atoms. The monoisotopic (exact) mass is 517 g/mol. The molecular formula is C24H20ClN9O3. The van der Waals surface area contributed by atoms with Gasteiger partial charge in [0.2, 0.25) is 0 Å². The smallest absolute Gasteiger partial charge is 0.411 e. The summed E-state index contributed by atoms with van der Waals surface area (Å²) in [6, 6.07) is 12.1. The lowest BCUT2D eigenvalue weighted by molar-refractivity contribution is 0.203. The number of tetrazole rings is 1. The Kier molecular flexibility index (Phi) is 6.24. The molecule has 1 amide bonds. The van der Waals surface area contributed by atoms with Crippen LogP contribution in [0.25, 0.3) is 28.2 Å². The van der Waals surface area contributed by atoms with Gasteiger partial charge in [-0.15, -0.1) is 5.10 Å². The van der Waals surface area contributed by atoms with E-state index < -0.39 is 6.09 Å². The first-order valence-electron chi connectivity index (χ1n) is 11.0. The number of benzene rings is 1. The third kappa shape index (κ3) is 4.82. The SMILES string of the molecule is Cc1cc(-c2cc(Cl)ccc2-n2cnnn2)cc(=O)n1Cc1ncc(-c2ccc(N(C)C(=O)O)cn2)[nH]1. The Morgan fingerprint density at radius 2 is 1.97 bits per heavy atom. The molecule has 0 bridgehead atoms. The number of pyridine rings is 2. The third-order valence-electron chi connectivity index (χ3n) is 5.83. The normalized spacial score (nSPS) is 11.0. The number of aromatic amines is 1. The average molecular weight is 518 g/mol. The second-order valence-corrected chi connectivity index (χ2v) is 8.65. The number of aromatic nitrogens is 8. The number of imidazole rings is 1. The Labute approximate surface area is 214 Å². The van der Waals surface area contributed by atoms with Crippen LogP contribution in [0.5, 0.6) is 0 Å². The standard InChI is InChI=1S/C24H20ClN9O3/c1-14-7-15(18-9-16(25)3-6-21(18)34-13-28-30-31-34)8-23(35)33(14)12-22-27-11-20(29-22)19-5-4-17(10-26-19)32(2)24(36)37/h3-11,13H,12H2,1-2H3,(H,27,29)(H,36,37). The van der Waals surface area contributed by atoms with E-state index >= 15 is 0 Å². The molecule has 12 nitrogen and oxygen atoms in total. The molecule has 2 N–H and O–H groups in total. The van der Waals surface area contributed by atoms with Crippen LogP contribution in [0, 0.1) is 6.92 Å². The van der Waals surface area contributed by atoms with Crippen molar-refractivity contribution >= 4 is 23.4 Å². The van der Waals surface area contributed by atoms with Gasteiger partial charge in [-0.1, -0.05) is 11.6 Å². The van der Waals surface area contributed by atoms with Crippen molar-refractivity contribution in [1.29, 1.82) is 0 Å². The maximum Gasteiger partial charge on any atom is 0.411 e. The van der Waals surface area contributed by atoms with Crippen LogP contribution in [0.3, 0.4) is 0 Å². The molecule has 4 aromatic heterocycles. The number of hydrogen-bond acceptors (Lipinski definition) is 7. The number of nitrogens with zero attached hydrogens (tertiary/aromatic N) is 8. The van der Waals surface area contributed by atoms with E-state index in [1.165, 1.54) is 30.3 Å². The van der Waals surface area contributed by atoms with Crippen LogP contribution < -0.4 is 10.5 Å². The van der Waals surface area contributed by atoms with Gasteiger partial charge in [0.25, 0.3) is 5.56 Å². The number of rotatable bonds is 6. The molecule has 5 rings (SSSR count). The van der Waals surface area contributed by atoms with Crippen LogP contribution in [0.2, 0.25) is 5.02 Å². The summed E-state index contributed by atoms with van der Waals surface area (Å²) in [5.74, 6) is 0.568. The van der Waals surface area contributed by atoms with Crippen LogP contribution in [0.15, 0.2) is 66.0 Å². The summed E-state index contributed by atoms with van der Waals surface area (Å²) in [7, 11) is 1.44. The first-order valence-corrected chi connectivity index (χ1v) is 11.4. The molecule has 0 fully saturated rings. The Hall–Kier alpha value is -4.84. The highest BCUT2D eigenvalue weighted by Crippen LogP contribution is 2.29. The van der Waals surface area contributed by atoms with Crippen molar-refractivity contribution in [2.75, 3.05) is 11.9 Å². The number of nitrogens with one attached hydrogen (secondary N) is 1. The summed E-state index contributed by atoms with van der Waals surface area (Å²) in [4.78, 5) is 37.2. The summed E-state index contributed by atoms with van der Waals surface area (Å²) < 4.78 is 3.11. The van der Waals surface area contributed by atoms with Gasteiger partial charge < -0.3 is 14.7 Å². The number of carboxylic acid groups (broad SMARTS) is 1. The Morgan fingerprint density at radius 1 is 1.14 bits per heavy atom. The van der Waals surface area contributed by atoms with Gasteiger partial charge in [0.05, 0.1) is 41.7 Å². The number of H-pyrrole nitrogens is 1. The molecule has 5 aromatic rings. The lowest BCUT2D eigenvalue weighted by atomic mass is 10.0. The molecule has 0 atom stereocenters. The quantitative estimate of drug-likeness (QED) is 0.348. The summed E-state index contributed by atoms with van der Waals surface area (Å²) in [5.41, 5.74) is 4.29. The minimum absolute atomic E-state index is 0.213. The van der Waals surface area contributed by atoms with Crippen molar-refractivity contribution in [2.24, 2.45) is 0 Å². The molecule has 0 saturated carbocycles. The topological polar surface area (TPSA) is 148 Å². The van der Waals surface area contributed by atoms with E-state index in [1.807, 2.05) is 13.0 Å². The zero-order chi connectivity index (χ0) is 26.1. The molecule has 0 spiro atoms. The highest BCUT2D eigenvalue weighted by Gasteiger charge is 2.14. The van der Waals surface area contributed by atoms with Crippen LogP contribution in [0.1, 0.15) is 11.5 Å². The van der Waals surface area contributed by atoms with Crippen LogP contribution >= 0.6 is 11.6 Å². The molecule has 0 radical (unpaired) electrons. The van der Waals surface area contributed by atoms with Crippen molar-refractivity contribution in [1.82, 2.24) is 39.7 Å². The van der Waals surface area contributed by atoms with Gasteiger partial charge in [0.15, 0.2) is 0 Å². The molecule has 0 aliphatic heterocycles. The molecule has 0 aliphatic rings. The van der Waals surface area contributed by atoms with E-state index in [4.69, 9.17) is 16.7 Å². The molecule has 0 unspecified atom stereocenters. The number of carbonyl (C=O) groups is 1. The van der Waals surface area contributed by atoms with Crippen molar-refractivity contribution in [3.05, 3.63) is 88.1 Å². The van der Waals surface area contributed by atoms with Crippen molar-refractivity contribution < 1.29 is 9.90 Å². The lowest BCUT2D eigenvalue weighted by Gasteiger charge is -2.13. The predicted octanol–water partition coefficient (Wildman–Crippen LogP) is 3.40. The van der Waals surface area contributed by atoms with Gasteiger partial charge in [-0.3, -0.25) is 14.7 Å². The van der Waals surface area contributed by atoms with Gasteiger partial charge in [-0.2, -0.15) is 4.68 Å². The zero-order valence-corrected chi connectivity index (χ0v) is 20.5. The predicted molar refractivity (Wildman–Crippen MR) is 136 cm³/mol. The van der Waals surface area contributed by atoms with E-state index in [1.54, 1.807) is 41.1 Å². The molecule has 0 saturated heterocycles. The minimum Gasteiger partial charge on any atom is -0.465 e. The van der Waals surface area contributed by atoms with E-state index in [0.717, 1.165) is 16.2 Å². The second-order valence-electron chi connectivity index (χ2n) is 8.21. The highest BCUT2D eigenvalue weighted by atomic mass is 35.5. The van der Waals surface area contributed by atoms with Gasteiger partial charge in [0.1, 0.15) is 12.2 Å². The van der Waals surface area contributed by atoms with Crippen LogP contribution in [-0.2, 0) is 6.54 Å². The summed E-state index contributed by atoms with van der Waals surface area (Å²) in [6.07, 6.45) is 3.49. The molecule has 1 aromatic carbocycles. The van der Waals surface area contributed by atoms with Gasteiger partial charge >= 0.3 is 6.09 Å². The molecule has 186 valence electrons. The van der Waals surface area contributed by atoms with E-state index in [0.29, 0.717) is 39.2 Å². The first kappa shape index (κ1) is 23.9. The fourth-order valence-corrected chi connectivity index (χ4v) is 4.05. The highest BCUT2D eigenvalue weighted by molar-refractivity contribution is 6.31. The maximum atomic E-state index is 13.1. The van der Waals surface area contributed by atoms with Gasteiger partial charge in [0, 0.05) is 29.4 Å². The number of aryl methyl sites for hydroxylation is 1. The fraction of sp³-hybridized carbons (Fsp3) is 0.125. The van der Waals surface area contributed by atoms with Crippen LogP contribution in [-0.4, -0.2) is 58.0 Å². The van der Waals surface area contributed by atoms with Crippen molar-refractivity contribution in [3.8, 4) is 28.2 Å². The third-order valence-corrected chi connectivity index (χ3v) is 6.07. The largest absolute Gasteiger partial charge is 0.465 e. The summed E-state index contributed by atoms with van der Waals surface area (Å²) >= 11 is 6.25. The number of hydrogen-bond donors (Lipinski definition) is 2. The number of amides is 1. The number of anilines is 1. The Balaban J connectivity index is 1.42. The van der Waals surface area contributed by atoms with E-state index in [9.17, 15) is 9.59 Å². The summed E-state index contributed by atoms with van der Waals surface area (Å²) in [6.45, 7) is 2.06. The molecular weight excluding hydrogens is 498 g/mol. The Bertz CT molecular complexity index is 1640. The summed E-state index contributed by atoms with van der Waals surface area (Å²) in [5, 5.41) is 20.9. The first-order chi connectivity index (χ1) is 17.8. The molecule has 4 heterocycles. The van der Waals surface area contributed by atoms with Gasteiger partial charge in [-0.05, 0) is 59.3 Å². The van der Waals surface area contributed by atoms with E-state index in [2.05, 4.69) is 30.5 Å². The Morgan fingerprint density at radius 3 is 2.65 bits per heavy atom.